The van der Waals surface area contributed by atoms with Crippen molar-refractivity contribution in [1.29, 1.82) is 0 Å². The van der Waals surface area contributed by atoms with Crippen molar-refractivity contribution in [3.63, 3.8) is 0 Å². The van der Waals surface area contributed by atoms with Gasteiger partial charge in [-0.15, -0.1) is 0 Å². The van der Waals surface area contributed by atoms with Crippen LogP contribution in [0, 0.1) is 0 Å². The van der Waals surface area contributed by atoms with Crippen LogP contribution in [0.3, 0.4) is 0 Å². The third-order valence-corrected chi connectivity index (χ3v) is 9.24. The van der Waals surface area contributed by atoms with Crippen LogP contribution >= 0.6 is 0 Å². The van der Waals surface area contributed by atoms with Crippen LogP contribution in [0.4, 0.5) is 0 Å². The van der Waals surface area contributed by atoms with Gasteiger partial charge in [-0.3, -0.25) is 0 Å². The Morgan fingerprint density at radius 1 is 0.526 bits per heavy atom. The molecule has 0 fully saturated rings. The smallest absolute Gasteiger partial charge is 0.342 e. The molecule has 0 radical (unpaired) electrons. The van der Waals surface area contributed by atoms with Crippen molar-refractivity contribution >= 4 is 11.9 Å². The van der Waals surface area contributed by atoms with Crippen molar-refractivity contribution in [2.24, 2.45) is 0 Å². The van der Waals surface area contributed by atoms with E-state index in [1.807, 2.05) is 49.4 Å². The average molecular weight is 787 g/mol. The fourth-order valence-corrected chi connectivity index (χ4v) is 6.82. The maximum atomic E-state index is 13.6. The Balaban J connectivity index is 1.51. The summed E-state index contributed by atoms with van der Waals surface area (Å²) in [4.78, 5) is 38.5. The number of benzene rings is 4. The minimum atomic E-state index is -0.993. The minimum absolute atomic E-state index is 0.128. The molecule has 306 valence electrons. The normalized spacial score (nSPS) is 12.5. The standard InChI is InChI=1S/C45H54O12/c1-5-20-49-23-24-52-28-30-56-57-42-19-17-34(32-38(42)44(47)54-7-3)45(39-14-10-8-12-35(39)36-13-9-11-15-40(36)45)33-16-18-41(37(31-33)43(46)53-6-2)55-29-27-51-26-25-50-22-21-48-4/h8-19,31-32H,5-7,20-30H2,1-4H3. The van der Waals surface area contributed by atoms with E-state index in [0.717, 1.165) is 39.8 Å². The second-order valence-corrected chi connectivity index (χ2v) is 12.9. The molecule has 0 saturated heterocycles. The summed E-state index contributed by atoms with van der Waals surface area (Å²) in [6, 6.07) is 27.2. The first-order valence-electron chi connectivity index (χ1n) is 19.6. The molecule has 0 bridgehead atoms. The van der Waals surface area contributed by atoms with E-state index in [2.05, 4.69) is 24.3 Å². The lowest BCUT2D eigenvalue weighted by atomic mass is 9.67. The largest absolute Gasteiger partial charge is 0.490 e. The molecule has 5 rings (SSSR count). The molecule has 0 atom stereocenters. The van der Waals surface area contributed by atoms with E-state index in [1.54, 1.807) is 39.2 Å². The lowest BCUT2D eigenvalue weighted by molar-refractivity contribution is -0.215. The number of carbonyl (C=O) groups excluding carboxylic acids is 2. The molecule has 0 aromatic heterocycles. The predicted molar refractivity (Wildman–Crippen MR) is 213 cm³/mol. The van der Waals surface area contributed by atoms with E-state index >= 15 is 0 Å². The van der Waals surface area contributed by atoms with Gasteiger partial charge in [0.2, 0.25) is 0 Å². The maximum Gasteiger partial charge on any atom is 0.342 e. The van der Waals surface area contributed by atoms with Crippen molar-refractivity contribution in [1.82, 2.24) is 0 Å². The number of fused-ring (bicyclic) bond motifs is 3. The van der Waals surface area contributed by atoms with Crippen LogP contribution < -0.4 is 9.62 Å². The molecular weight excluding hydrogens is 732 g/mol. The molecule has 1 aliphatic carbocycles. The highest BCUT2D eigenvalue weighted by atomic mass is 17.2. The predicted octanol–water partition coefficient (Wildman–Crippen LogP) is 7.22. The molecule has 57 heavy (non-hydrogen) atoms. The molecule has 4 aromatic carbocycles. The summed E-state index contributed by atoms with van der Waals surface area (Å²) in [6.45, 7) is 10.2. The van der Waals surface area contributed by atoms with Gasteiger partial charge in [0, 0.05) is 13.7 Å². The van der Waals surface area contributed by atoms with Gasteiger partial charge in [-0.05, 0) is 77.9 Å². The van der Waals surface area contributed by atoms with Crippen molar-refractivity contribution in [3.8, 4) is 22.6 Å². The fraction of sp³-hybridized carbons (Fsp3) is 0.422. The molecule has 0 amide bonds. The third-order valence-electron chi connectivity index (χ3n) is 9.24. The van der Waals surface area contributed by atoms with Crippen molar-refractivity contribution in [3.05, 3.63) is 118 Å². The van der Waals surface area contributed by atoms with Gasteiger partial charge in [0.05, 0.1) is 71.5 Å². The van der Waals surface area contributed by atoms with Gasteiger partial charge in [0.25, 0.3) is 0 Å². The van der Waals surface area contributed by atoms with Crippen LogP contribution in [0.5, 0.6) is 11.5 Å². The molecule has 1 aliphatic rings. The molecule has 12 nitrogen and oxygen atoms in total. The summed E-state index contributed by atoms with van der Waals surface area (Å²) in [5, 5.41) is 0. The highest BCUT2D eigenvalue weighted by Crippen LogP contribution is 2.56. The lowest BCUT2D eigenvalue weighted by Gasteiger charge is -2.34. The van der Waals surface area contributed by atoms with Gasteiger partial charge >= 0.3 is 11.9 Å². The van der Waals surface area contributed by atoms with Crippen LogP contribution in [-0.4, -0.2) is 105 Å². The van der Waals surface area contributed by atoms with E-state index in [9.17, 15) is 9.59 Å². The van der Waals surface area contributed by atoms with Crippen molar-refractivity contribution in [2.75, 3.05) is 93.0 Å². The van der Waals surface area contributed by atoms with Gasteiger partial charge in [-0.2, -0.15) is 4.89 Å². The first kappa shape index (κ1) is 43.3. The summed E-state index contributed by atoms with van der Waals surface area (Å²) in [5.41, 5.74) is 4.94. The van der Waals surface area contributed by atoms with Crippen LogP contribution in [0.2, 0.25) is 0 Å². The molecule has 4 aromatic rings. The zero-order valence-electron chi connectivity index (χ0n) is 33.4. The minimum Gasteiger partial charge on any atom is -0.490 e. The lowest BCUT2D eigenvalue weighted by Crippen LogP contribution is -2.29. The van der Waals surface area contributed by atoms with Crippen molar-refractivity contribution in [2.45, 2.75) is 32.6 Å². The van der Waals surface area contributed by atoms with Gasteiger partial charge < -0.3 is 42.8 Å². The van der Waals surface area contributed by atoms with E-state index in [1.165, 1.54) is 0 Å². The second-order valence-electron chi connectivity index (χ2n) is 12.9. The Hall–Kier alpha value is -4.82. The first-order chi connectivity index (χ1) is 28.0. The molecule has 12 heteroatoms. The number of ether oxygens (including phenoxy) is 8. The number of carbonyl (C=O) groups is 2. The number of esters is 2. The zero-order chi connectivity index (χ0) is 40.3. The highest BCUT2D eigenvalue weighted by Gasteiger charge is 2.47. The van der Waals surface area contributed by atoms with Crippen LogP contribution in [-0.2, 0) is 43.5 Å². The quantitative estimate of drug-likeness (QED) is 0.0243. The number of hydrogen-bond donors (Lipinski definition) is 0. The third kappa shape index (κ3) is 10.8. The second kappa shape index (κ2) is 22.8. The van der Waals surface area contributed by atoms with E-state index < -0.39 is 17.4 Å². The Labute approximate surface area is 335 Å². The molecule has 0 aliphatic heterocycles. The number of rotatable bonds is 26. The zero-order valence-corrected chi connectivity index (χ0v) is 33.4. The molecule has 0 N–H and O–H groups in total. The molecule has 0 spiro atoms. The van der Waals surface area contributed by atoms with Gasteiger partial charge in [0.15, 0.2) is 5.75 Å². The van der Waals surface area contributed by atoms with Gasteiger partial charge in [-0.1, -0.05) is 67.6 Å². The molecule has 0 saturated carbocycles. The fourth-order valence-electron chi connectivity index (χ4n) is 6.82. The first-order valence-corrected chi connectivity index (χ1v) is 19.6. The Kier molecular flexibility index (Phi) is 17.3. The Morgan fingerprint density at radius 3 is 1.54 bits per heavy atom. The number of hydrogen-bond acceptors (Lipinski definition) is 12. The average Bonchev–Trinajstić information content (AvgIpc) is 3.54. The van der Waals surface area contributed by atoms with Gasteiger partial charge in [0.1, 0.15) is 30.1 Å². The summed E-state index contributed by atoms with van der Waals surface area (Å²) in [5.74, 6) is -0.547. The van der Waals surface area contributed by atoms with Crippen molar-refractivity contribution < 1.29 is 57.3 Å². The summed E-state index contributed by atoms with van der Waals surface area (Å²) >= 11 is 0. The molecule has 0 unspecified atom stereocenters. The van der Waals surface area contributed by atoms with Crippen LogP contribution in [0.25, 0.3) is 11.1 Å². The summed E-state index contributed by atoms with van der Waals surface area (Å²) in [7, 11) is 1.62. The molecule has 0 heterocycles. The van der Waals surface area contributed by atoms with Crippen LogP contribution in [0.1, 0.15) is 70.2 Å². The topological polar surface area (TPSA) is 126 Å². The van der Waals surface area contributed by atoms with Crippen LogP contribution in [0.15, 0.2) is 84.9 Å². The van der Waals surface area contributed by atoms with E-state index in [0.29, 0.717) is 52.0 Å². The summed E-state index contributed by atoms with van der Waals surface area (Å²) < 4.78 is 44.3. The van der Waals surface area contributed by atoms with Gasteiger partial charge in [-0.25, -0.2) is 9.59 Å². The Morgan fingerprint density at radius 2 is 1.00 bits per heavy atom. The maximum absolute atomic E-state index is 13.6. The monoisotopic (exact) mass is 786 g/mol. The SMILES string of the molecule is CCCOCCOCCOOc1ccc(C2(c3ccc(OCCOCCOCCOC)c(C(=O)OCC)c3)c3ccccc3-c3ccccc32)cc1C(=O)OCC. The van der Waals surface area contributed by atoms with E-state index in [4.69, 9.17) is 47.7 Å². The molecular formula is C45H54O12. The summed E-state index contributed by atoms with van der Waals surface area (Å²) in [6.07, 6.45) is 0.943. The highest BCUT2D eigenvalue weighted by molar-refractivity contribution is 5.95. The van der Waals surface area contributed by atoms with E-state index in [-0.39, 0.29) is 56.5 Å². The Bertz CT molecular complexity index is 1740. The number of methoxy groups -OCH3 is 1.